The number of rotatable bonds is 1. The topological polar surface area (TPSA) is 22.0 Å². The zero-order valence-electron chi connectivity index (χ0n) is 10.5. The highest BCUT2D eigenvalue weighted by Gasteiger charge is 2.28. The first-order valence-corrected chi connectivity index (χ1v) is 6.37. The first-order valence-electron chi connectivity index (χ1n) is 6.37. The number of hydrogen-bond donors (Lipinski definition) is 0. The lowest BCUT2D eigenvalue weighted by molar-refractivity contribution is 0.104. The predicted octanol–water partition coefficient (Wildman–Crippen LogP) is 3.83. The number of fused-ring (bicyclic) bond motifs is 3. The van der Waals surface area contributed by atoms with Crippen molar-refractivity contribution in [3.63, 3.8) is 0 Å². The van der Waals surface area contributed by atoms with E-state index >= 15 is 0 Å². The second kappa shape index (κ2) is 3.90. The molecule has 2 nitrogen and oxygen atoms in total. The van der Waals surface area contributed by atoms with Crippen LogP contribution in [-0.2, 0) is 0 Å². The van der Waals surface area contributed by atoms with Crippen molar-refractivity contribution in [2.24, 2.45) is 0 Å². The molecule has 3 heteroatoms. The Morgan fingerprint density at radius 1 is 0.800 bits per heavy atom. The summed E-state index contributed by atoms with van der Waals surface area (Å²) < 4.78 is 15.0. The molecule has 4 rings (SSSR count). The van der Waals surface area contributed by atoms with Crippen LogP contribution in [0.4, 0.5) is 4.39 Å². The van der Waals surface area contributed by atoms with Gasteiger partial charge in [-0.1, -0.05) is 12.1 Å². The Labute approximate surface area is 115 Å². The van der Waals surface area contributed by atoms with Crippen LogP contribution in [0.1, 0.15) is 16.1 Å². The molecule has 0 aliphatic carbocycles. The monoisotopic (exact) mass is 263 g/mol. The Morgan fingerprint density at radius 2 is 1.50 bits per heavy atom. The van der Waals surface area contributed by atoms with Crippen molar-refractivity contribution in [3.05, 3.63) is 77.7 Å². The van der Waals surface area contributed by atoms with E-state index in [1.807, 2.05) is 41.0 Å². The van der Waals surface area contributed by atoms with Gasteiger partial charge in [0.1, 0.15) is 5.82 Å². The van der Waals surface area contributed by atoms with Crippen LogP contribution in [0.3, 0.4) is 0 Å². The van der Waals surface area contributed by atoms with Crippen LogP contribution in [-0.4, -0.2) is 10.4 Å². The zero-order chi connectivity index (χ0) is 13.7. The van der Waals surface area contributed by atoms with Crippen molar-refractivity contribution >= 4 is 5.78 Å². The molecule has 96 valence electrons. The highest BCUT2D eigenvalue weighted by molar-refractivity contribution is 6.14. The van der Waals surface area contributed by atoms with Crippen molar-refractivity contribution in [2.45, 2.75) is 0 Å². The molecule has 2 aromatic carbocycles. The SMILES string of the molecule is O=C1c2ccccc2-n2c1ccc2-c1ccc(F)cc1. The van der Waals surface area contributed by atoms with E-state index in [9.17, 15) is 9.18 Å². The molecule has 0 saturated carbocycles. The summed E-state index contributed by atoms with van der Waals surface area (Å²) in [5.74, 6) is -0.229. The molecule has 0 N–H and O–H groups in total. The average molecular weight is 263 g/mol. The van der Waals surface area contributed by atoms with Gasteiger partial charge in [-0.15, -0.1) is 0 Å². The molecular formula is C17H10FNO. The molecule has 0 spiro atoms. The lowest BCUT2D eigenvalue weighted by Gasteiger charge is -2.08. The van der Waals surface area contributed by atoms with Crippen molar-refractivity contribution in [1.82, 2.24) is 4.57 Å². The molecule has 3 aromatic rings. The maximum absolute atomic E-state index is 13.0. The van der Waals surface area contributed by atoms with E-state index in [0.717, 1.165) is 16.9 Å². The fourth-order valence-electron chi connectivity index (χ4n) is 2.72. The predicted molar refractivity (Wildman–Crippen MR) is 74.6 cm³/mol. The molecule has 0 atom stereocenters. The van der Waals surface area contributed by atoms with Gasteiger partial charge in [0.25, 0.3) is 0 Å². The van der Waals surface area contributed by atoms with Gasteiger partial charge in [0.15, 0.2) is 0 Å². The molecule has 0 radical (unpaired) electrons. The molecule has 20 heavy (non-hydrogen) atoms. The summed E-state index contributed by atoms with van der Waals surface area (Å²) >= 11 is 0. The molecule has 1 aliphatic rings. The van der Waals surface area contributed by atoms with Crippen molar-refractivity contribution in [3.8, 4) is 16.9 Å². The third-order valence-electron chi connectivity index (χ3n) is 3.64. The number of nitrogens with zero attached hydrogens (tertiary/aromatic N) is 1. The van der Waals surface area contributed by atoms with Crippen LogP contribution >= 0.6 is 0 Å². The number of benzene rings is 2. The average Bonchev–Trinajstić information content (AvgIpc) is 3.02. The molecule has 0 saturated heterocycles. The molecule has 0 bridgehead atoms. The van der Waals surface area contributed by atoms with Crippen LogP contribution in [0.5, 0.6) is 0 Å². The zero-order valence-corrected chi connectivity index (χ0v) is 10.5. The van der Waals surface area contributed by atoms with Gasteiger partial charge in [-0.05, 0) is 54.1 Å². The lowest BCUT2D eigenvalue weighted by Crippen LogP contribution is -1.96. The normalized spacial score (nSPS) is 12.3. The molecule has 1 aliphatic heterocycles. The van der Waals surface area contributed by atoms with Crippen molar-refractivity contribution in [2.75, 3.05) is 0 Å². The number of ketones is 1. The molecule has 0 unspecified atom stereocenters. The van der Waals surface area contributed by atoms with Crippen molar-refractivity contribution in [1.29, 1.82) is 0 Å². The van der Waals surface area contributed by atoms with Crippen molar-refractivity contribution < 1.29 is 9.18 Å². The quantitative estimate of drug-likeness (QED) is 0.511. The van der Waals surface area contributed by atoms with Gasteiger partial charge < -0.3 is 4.57 Å². The minimum atomic E-state index is -0.265. The van der Waals surface area contributed by atoms with Crippen LogP contribution in [0, 0.1) is 5.82 Å². The number of halogens is 1. The Bertz CT molecular complexity index is 830. The number of carbonyl (C=O) groups is 1. The van der Waals surface area contributed by atoms with Crippen LogP contribution < -0.4 is 0 Å². The summed E-state index contributed by atoms with van der Waals surface area (Å²) in [5.41, 5.74) is 4.05. The number of carbonyl (C=O) groups excluding carboxylic acids is 1. The lowest BCUT2D eigenvalue weighted by atomic mass is 10.1. The van der Waals surface area contributed by atoms with Gasteiger partial charge in [-0.2, -0.15) is 0 Å². The molecule has 0 fully saturated rings. The third-order valence-corrected chi connectivity index (χ3v) is 3.64. The Kier molecular flexibility index (Phi) is 2.18. The van der Waals surface area contributed by atoms with Crippen LogP contribution in [0.25, 0.3) is 16.9 Å². The first-order chi connectivity index (χ1) is 9.75. The molecule has 0 amide bonds. The molecule has 1 aromatic heterocycles. The van der Waals surface area contributed by atoms with E-state index in [0.29, 0.717) is 11.3 Å². The summed E-state index contributed by atoms with van der Waals surface area (Å²) in [6.45, 7) is 0. The maximum atomic E-state index is 13.0. The fourth-order valence-corrected chi connectivity index (χ4v) is 2.72. The van der Waals surface area contributed by atoms with Gasteiger partial charge >= 0.3 is 0 Å². The first kappa shape index (κ1) is 11.2. The fraction of sp³-hybridized carbons (Fsp3) is 0. The smallest absolute Gasteiger partial charge is 0.211 e. The number of hydrogen-bond acceptors (Lipinski definition) is 1. The standard InChI is InChI=1S/C17H10FNO/c18-12-7-5-11(6-8-12)14-9-10-16-17(20)13-3-1-2-4-15(13)19(14)16/h1-10H. The van der Waals surface area contributed by atoms with Gasteiger partial charge in [-0.25, -0.2) is 4.39 Å². The van der Waals surface area contributed by atoms with Gasteiger partial charge in [0.05, 0.1) is 17.1 Å². The highest BCUT2D eigenvalue weighted by Crippen LogP contribution is 2.34. The van der Waals surface area contributed by atoms with Crippen LogP contribution in [0.15, 0.2) is 60.7 Å². The minimum absolute atomic E-state index is 0.0361. The van der Waals surface area contributed by atoms with E-state index in [2.05, 4.69) is 0 Å². The minimum Gasteiger partial charge on any atom is -0.305 e. The van der Waals surface area contributed by atoms with E-state index < -0.39 is 0 Å². The van der Waals surface area contributed by atoms with Gasteiger partial charge in [0, 0.05) is 5.56 Å². The second-order valence-electron chi connectivity index (χ2n) is 4.79. The Hall–Kier alpha value is -2.68. The van der Waals surface area contributed by atoms with Gasteiger partial charge in [-0.3, -0.25) is 4.79 Å². The summed E-state index contributed by atoms with van der Waals surface area (Å²) in [5, 5.41) is 0. The summed E-state index contributed by atoms with van der Waals surface area (Å²) in [6, 6.07) is 17.6. The summed E-state index contributed by atoms with van der Waals surface area (Å²) in [6.07, 6.45) is 0. The van der Waals surface area contributed by atoms with E-state index in [1.54, 1.807) is 12.1 Å². The van der Waals surface area contributed by atoms with Gasteiger partial charge in [0.2, 0.25) is 5.78 Å². The third kappa shape index (κ3) is 1.40. The molecular weight excluding hydrogens is 253 g/mol. The Balaban J connectivity index is 1.98. The Morgan fingerprint density at radius 3 is 2.30 bits per heavy atom. The second-order valence-corrected chi connectivity index (χ2v) is 4.79. The number of aromatic nitrogens is 1. The van der Waals surface area contributed by atoms with E-state index in [-0.39, 0.29) is 11.6 Å². The van der Waals surface area contributed by atoms with E-state index in [4.69, 9.17) is 0 Å². The van der Waals surface area contributed by atoms with Crippen LogP contribution in [0.2, 0.25) is 0 Å². The number of para-hydroxylation sites is 1. The largest absolute Gasteiger partial charge is 0.305 e. The summed E-state index contributed by atoms with van der Waals surface area (Å²) in [7, 11) is 0. The highest BCUT2D eigenvalue weighted by atomic mass is 19.1. The maximum Gasteiger partial charge on any atom is 0.211 e. The van der Waals surface area contributed by atoms with E-state index in [1.165, 1.54) is 12.1 Å². The molecule has 2 heterocycles. The summed E-state index contributed by atoms with van der Waals surface area (Å²) in [4.78, 5) is 12.3.